The maximum absolute atomic E-state index is 10.2. The molecule has 3 rings (SSSR count). The first-order valence-corrected chi connectivity index (χ1v) is 9.47. The third-order valence-electron chi connectivity index (χ3n) is 4.91. The molecular formula is C21H28N2O6. The van der Waals surface area contributed by atoms with Gasteiger partial charge in [-0.3, -0.25) is 0 Å². The van der Waals surface area contributed by atoms with Crippen molar-refractivity contribution in [1.82, 2.24) is 0 Å². The Bertz CT molecular complexity index is 783. The van der Waals surface area contributed by atoms with Gasteiger partial charge in [-0.15, -0.1) is 0 Å². The van der Waals surface area contributed by atoms with Crippen LogP contribution in [0.1, 0.15) is 5.56 Å². The van der Waals surface area contributed by atoms with E-state index in [9.17, 15) is 20.4 Å². The lowest BCUT2D eigenvalue weighted by Gasteiger charge is -2.39. The van der Waals surface area contributed by atoms with E-state index in [1.165, 1.54) is 0 Å². The van der Waals surface area contributed by atoms with Crippen LogP contribution in [0.5, 0.6) is 5.75 Å². The summed E-state index contributed by atoms with van der Waals surface area (Å²) in [6, 6.07) is 15.3. The highest BCUT2D eigenvalue weighted by atomic mass is 16.7. The first-order chi connectivity index (χ1) is 13.9. The van der Waals surface area contributed by atoms with E-state index in [2.05, 4.69) is 5.32 Å². The lowest BCUT2D eigenvalue weighted by Crippen LogP contribution is -2.60. The molecule has 5 N–H and O–H groups in total. The van der Waals surface area contributed by atoms with Crippen molar-refractivity contribution in [3.05, 3.63) is 54.1 Å². The first-order valence-electron chi connectivity index (χ1n) is 9.47. The Labute approximate surface area is 169 Å². The lowest BCUT2D eigenvalue weighted by atomic mass is 9.99. The van der Waals surface area contributed by atoms with Gasteiger partial charge < -0.3 is 40.1 Å². The molecule has 0 saturated carbocycles. The molecule has 2 aromatic carbocycles. The van der Waals surface area contributed by atoms with Crippen LogP contribution in [-0.4, -0.2) is 71.8 Å². The summed E-state index contributed by atoms with van der Waals surface area (Å²) in [5, 5.41) is 42.6. The Kier molecular flexibility index (Phi) is 6.94. The summed E-state index contributed by atoms with van der Waals surface area (Å²) >= 11 is 0. The highest BCUT2D eigenvalue weighted by Gasteiger charge is 2.44. The minimum Gasteiger partial charge on any atom is -0.460 e. The third kappa shape index (κ3) is 4.98. The zero-order chi connectivity index (χ0) is 21.0. The average Bonchev–Trinajstić information content (AvgIpc) is 2.73. The van der Waals surface area contributed by atoms with Gasteiger partial charge in [0.25, 0.3) is 0 Å². The molecule has 2 aromatic rings. The third-order valence-corrected chi connectivity index (χ3v) is 4.91. The zero-order valence-electron chi connectivity index (χ0n) is 16.5. The molecule has 0 amide bonds. The second-order valence-corrected chi connectivity index (χ2v) is 7.23. The van der Waals surface area contributed by atoms with Crippen molar-refractivity contribution in [1.29, 1.82) is 0 Å². The van der Waals surface area contributed by atoms with Crippen LogP contribution in [0, 0.1) is 0 Å². The maximum Gasteiger partial charge on any atom is 0.229 e. The quantitative estimate of drug-likeness (QED) is 0.454. The summed E-state index contributed by atoms with van der Waals surface area (Å²) < 4.78 is 11.2. The summed E-state index contributed by atoms with van der Waals surface area (Å²) in [5.41, 5.74) is 2.87. The number of hydrogen-bond acceptors (Lipinski definition) is 8. The predicted molar refractivity (Wildman–Crippen MR) is 109 cm³/mol. The van der Waals surface area contributed by atoms with Crippen LogP contribution >= 0.6 is 0 Å². The molecule has 1 heterocycles. The van der Waals surface area contributed by atoms with Crippen LogP contribution < -0.4 is 15.0 Å². The van der Waals surface area contributed by atoms with Gasteiger partial charge in [0.2, 0.25) is 6.29 Å². The molecule has 0 unspecified atom stereocenters. The monoisotopic (exact) mass is 404 g/mol. The summed E-state index contributed by atoms with van der Waals surface area (Å²) in [5.74, 6) is 0.418. The van der Waals surface area contributed by atoms with Crippen LogP contribution in [0.2, 0.25) is 0 Å². The predicted octanol–water partition coefficient (Wildman–Crippen LogP) is 0.543. The van der Waals surface area contributed by atoms with Crippen LogP contribution in [0.15, 0.2) is 48.5 Å². The number of nitrogens with zero attached hydrogens (tertiary/aromatic N) is 1. The van der Waals surface area contributed by atoms with E-state index in [-0.39, 0.29) is 0 Å². The molecule has 158 valence electrons. The number of rotatable bonds is 7. The van der Waals surface area contributed by atoms with Gasteiger partial charge in [0.1, 0.15) is 30.2 Å². The number of ether oxygens (including phenoxy) is 2. The molecule has 1 saturated heterocycles. The fourth-order valence-corrected chi connectivity index (χ4v) is 3.11. The maximum atomic E-state index is 10.2. The molecule has 0 bridgehead atoms. The van der Waals surface area contributed by atoms with Gasteiger partial charge in [-0.05, 0) is 29.8 Å². The van der Waals surface area contributed by atoms with E-state index < -0.39 is 37.3 Å². The van der Waals surface area contributed by atoms with Crippen LogP contribution in [0.3, 0.4) is 0 Å². The minimum absolute atomic E-state index is 0.418. The van der Waals surface area contributed by atoms with Gasteiger partial charge in [-0.1, -0.05) is 24.3 Å². The highest BCUT2D eigenvalue weighted by Crippen LogP contribution is 2.29. The number of aliphatic hydroxyl groups is 4. The number of hydrogen-bond donors (Lipinski definition) is 5. The molecule has 1 aliphatic rings. The summed E-state index contributed by atoms with van der Waals surface area (Å²) in [6.07, 6.45) is -6.62. The summed E-state index contributed by atoms with van der Waals surface area (Å²) in [6.45, 7) is 0.0520. The molecule has 0 spiro atoms. The second kappa shape index (κ2) is 9.43. The average molecular weight is 404 g/mol. The van der Waals surface area contributed by atoms with Crippen LogP contribution in [-0.2, 0) is 11.3 Å². The normalized spacial score (nSPS) is 26.8. The van der Waals surface area contributed by atoms with E-state index in [1.54, 1.807) is 12.1 Å². The van der Waals surface area contributed by atoms with E-state index in [0.717, 1.165) is 11.3 Å². The molecule has 8 heteroatoms. The van der Waals surface area contributed by atoms with Crippen molar-refractivity contribution < 1.29 is 29.9 Å². The fourth-order valence-electron chi connectivity index (χ4n) is 3.11. The number of para-hydroxylation sites is 2. The van der Waals surface area contributed by atoms with E-state index in [0.29, 0.717) is 18.0 Å². The van der Waals surface area contributed by atoms with E-state index in [1.807, 2.05) is 55.4 Å². The second-order valence-electron chi connectivity index (χ2n) is 7.23. The van der Waals surface area contributed by atoms with Crippen LogP contribution in [0.25, 0.3) is 0 Å². The van der Waals surface area contributed by atoms with Gasteiger partial charge in [-0.25, -0.2) is 0 Å². The van der Waals surface area contributed by atoms with Gasteiger partial charge in [0.15, 0.2) is 0 Å². The van der Waals surface area contributed by atoms with E-state index >= 15 is 0 Å². The van der Waals surface area contributed by atoms with E-state index in [4.69, 9.17) is 9.47 Å². The van der Waals surface area contributed by atoms with Crippen molar-refractivity contribution in [3.8, 4) is 5.75 Å². The largest absolute Gasteiger partial charge is 0.460 e. The standard InChI is InChI=1S/C21H28N2O6/c1-23(2)14-9-7-13(8-10-14)11-22-15-5-3-4-6-16(15)28-21-20(27)19(26)18(25)17(12-24)29-21/h3-10,17-22,24-27H,11-12H2,1-2H3/t17-,18-,19+,20-,21-/m1/s1. The van der Waals surface area contributed by atoms with Crippen molar-refractivity contribution >= 4 is 11.4 Å². The molecule has 0 aliphatic carbocycles. The molecule has 1 fully saturated rings. The molecule has 0 radical (unpaired) electrons. The van der Waals surface area contributed by atoms with Crippen molar-refractivity contribution in [2.75, 3.05) is 30.9 Å². The topological polar surface area (TPSA) is 115 Å². The number of aliphatic hydroxyl groups excluding tert-OH is 4. The van der Waals surface area contributed by atoms with Gasteiger partial charge in [0.05, 0.1) is 12.3 Å². The smallest absolute Gasteiger partial charge is 0.229 e. The Hall–Kier alpha value is -2.36. The Morgan fingerprint density at radius 1 is 0.966 bits per heavy atom. The van der Waals surface area contributed by atoms with Crippen LogP contribution in [0.4, 0.5) is 11.4 Å². The van der Waals surface area contributed by atoms with Gasteiger partial charge in [0, 0.05) is 26.3 Å². The summed E-state index contributed by atoms with van der Waals surface area (Å²) in [4.78, 5) is 2.03. The van der Waals surface area contributed by atoms with Crippen molar-refractivity contribution in [3.63, 3.8) is 0 Å². The first kappa shape index (κ1) is 21.4. The molecular weight excluding hydrogens is 376 g/mol. The van der Waals surface area contributed by atoms with Gasteiger partial charge in [-0.2, -0.15) is 0 Å². The number of anilines is 2. The fraction of sp³-hybridized carbons (Fsp3) is 0.429. The Balaban J connectivity index is 1.68. The number of benzene rings is 2. The summed E-state index contributed by atoms with van der Waals surface area (Å²) in [7, 11) is 3.97. The van der Waals surface area contributed by atoms with Crippen molar-refractivity contribution in [2.24, 2.45) is 0 Å². The highest BCUT2D eigenvalue weighted by molar-refractivity contribution is 5.56. The molecule has 29 heavy (non-hydrogen) atoms. The zero-order valence-corrected chi connectivity index (χ0v) is 16.5. The van der Waals surface area contributed by atoms with Crippen molar-refractivity contribution in [2.45, 2.75) is 37.3 Å². The molecule has 1 aliphatic heterocycles. The Morgan fingerprint density at radius 2 is 1.66 bits per heavy atom. The SMILES string of the molecule is CN(C)c1ccc(CNc2ccccc2O[C@@H]2O[C@H](CO)[C@@H](O)[C@H](O)[C@H]2O)cc1. The minimum atomic E-state index is -1.48. The van der Waals surface area contributed by atoms with Gasteiger partial charge >= 0.3 is 0 Å². The Morgan fingerprint density at radius 3 is 2.31 bits per heavy atom. The number of nitrogens with one attached hydrogen (secondary N) is 1. The molecule has 8 nitrogen and oxygen atoms in total. The molecule has 0 aromatic heterocycles. The lowest BCUT2D eigenvalue weighted by molar-refractivity contribution is -0.277. The molecule has 5 atom stereocenters.